The number of hydrazone groups is 1. The third kappa shape index (κ3) is 3.67. The Morgan fingerprint density at radius 3 is 3.11 bits per heavy atom. The zero-order valence-electron chi connectivity index (χ0n) is 11.3. The van der Waals surface area contributed by atoms with Gasteiger partial charge in [-0.05, 0) is 51.0 Å². The van der Waals surface area contributed by atoms with Crippen LogP contribution in [0.15, 0.2) is 23.3 Å². The topological polar surface area (TPSA) is 45.7 Å². The van der Waals surface area contributed by atoms with E-state index < -0.39 is 0 Å². The van der Waals surface area contributed by atoms with Gasteiger partial charge in [-0.15, -0.1) is 0 Å². The van der Waals surface area contributed by atoms with Crippen LogP contribution in [0.3, 0.4) is 0 Å². The Bertz CT molecular complexity index is 499. The molecular weight excluding hydrogens is 258 g/mol. The summed E-state index contributed by atoms with van der Waals surface area (Å²) in [7, 11) is 0. The number of nitrogens with zero attached hydrogens (tertiary/aromatic N) is 1. The summed E-state index contributed by atoms with van der Waals surface area (Å²) in [5.41, 5.74) is 6.15. The predicted octanol–water partition coefficient (Wildman–Crippen LogP) is 2.36. The highest BCUT2D eigenvalue weighted by Gasteiger charge is 2.15. The summed E-state index contributed by atoms with van der Waals surface area (Å²) >= 11 is 5.12. The van der Waals surface area contributed by atoms with Gasteiger partial charge in [0.2, 0.25) is 0 Å². The second kappa shape index (κ2) is 6.52. The first-order valence-corrected chi connectivity index (χ1v) is 6.95. The number of aryl methyl sites for hydroxylation is 1. The van der Waals surface area contributed by atoms with E-state index in [2.05, 4.69) is 34.9 Å². The summed E-state index contributed by atoms with van der Waals surface area (Å²) < 4.78 is 5.73. The molecule has 0 spiro atoms. The minimum Gasteiger partial charge on any atom is -0.493 e. The molecule has 0 fully saturated rings. The van der Waals surface area contributed by atoms with Crippen LogP contribution in [0.25, 0.3) is 0 Å². The van der Waals surface area contributed by atoms with Crippen molar-refractivity contribution in [1.82, 2.24) is 10.7 Å². The molecule has 1 aliphatic rings. The minimum absolute atomic E-state index is 0.550. The van der Waals surface area contributed by atoms with E-state index in [1.807, 2.05) is 13.0 Å². The SMILES string of the molecule is CCNC(=S)N/N=C1\CCCOc2ccc(C)cc21. The van der Waals surface area contributed by atoms with Crippen molar-refractivity contribution in [2.75, 3.05) is 13.2 Å². The highest BCUT2D eigenvalue weighted by atomic mass is 32.1. The lowest BCUT2D eigenvalue weighted by Gasteiger charge is -2.10. The molecule has 0 bridgehead atoms. The average Bonchev–Trinajstić information content (AvgIpc) is 2.59. The number of ether oxygens (including phenoxy) is 1. The summed E-state index contributed by atoms with van der Waals surface area (Å²) in [6.45, 7) is 5.58. The van der Waals surface area contributed by atoms with Gasteiger partial charge in [-0.2, -0.15) is 5.10 Å². The van der Waals surface area contributed by atoms with E-state index in [0.29, 0.717) is 5.11 Å². The molecule has 1 heterocycles. The van der Waals surface area contributed by atoms with Crippen LogP contribution in [0.1, 0.15) is 30.9 Å². The van der Waals surface area contributed by atoms with Crippen molar-refractivity contribution in [3.63, 3.8) is 0 Å². The molecule has 0 saturated heterocycles. The number of hydrogen-bond donors (Lipinski definition) is 2. The van der Waals surface area contributed by atoms with Crippen LogP contribution in [0, 0.1) is 6.92 Å². The van der Waals surface area contributed by atoms with Crippen molar-refractivity contribution in [1.29, 1.82) is 0 Å². The van der Waals surface area contributed by atoms with Crippen LogP contribution in [0.2, 0.25) is 0 Å². The van der Waals surface area contributed by atoms with Gasteiger partial charge in [0, 0.05) is 12.1 Å². The van der Waals surface area contributed by atoms with E-state index >= 15 is 0 Å². The monoisotopic (exact) mass is 277 g/mol. The van der Waals surface area contributed by atoms with Gasteiger partial charge in [0.05, 0.1) is 12.3 Å². The summed E-state index contributed by atoms with van der Waals surface area (Å²) in [5.74, 6) is 0.901. The lowest BCUT2D eigenvalue weighted by molar-refractivity contribution is 0.318. The Labute approximate surface area is 119 Å². The summed E-state index contributed by atoms with van der Waals surface area (Å²) in [5, 5.41) is 8.00. The molecule has 2 N–H and O–H groups in total. The first-order chi connectivity index (χ1) is 9.20. The Balaban J connectivity index is 2.23. The molecule has 0 saturated carbocycles. The molecule has 4 nitrogen and oxygen atoms in total. The molecule has 5 heteroatoms. The van der Waals surface area contributed by atoms with E-state index in [4.69, 9.17) is 17.0 Å². The fourth-order valence-corrected chi connectivity index (χ4v) is 2.18. The fourth-order valence-electron chi connectivity index (χ4n) is 1.99. The van der Waals surface area contributed by atoms with Crippen molar-refractivity contribution >= 4 is 23.0 Å². The number of fused-ring (bicyclic) bond motifs is 1. The third-order valence-corrected chi connectivity index (χ3v) is 3.13. The van der Waals surface area contributed by atoms with Gasteiger partial charge in [0.1, 0.15) is 5.75 Å². The second-order valence-corrected chi connectivity index (χ2v) is 4.89. The molecule has 0 radical (unpaired) electrons. The Morgan fingerprint density at radius 1 is 1.47 bits per heavy atom. The normalized spacial score (nSPS) is 16.2. The van der Waals surface area contributed by atoms with Crippen LogP contribution in [0.5, 0.6) is 5.75 Å². The average molecular weight is 277 g/mol. The van der Waals surface area contributed by atoms with E-state index in [0.717, 1.165) is 43.0 Å². The predicted molar refractivity (Wildman–Crippen MR) is 81.9 cm³/mol. The Hall–Kier alpha value is -1.62. The molecule has 1 aliphatic heterocycles. The molecule has 0 atom stereocenters. The highest BCUT2D eigenvalue weighted by molar-refractivity contribution is 7.80. The van der Waals surface area contributed by atoms with Crippen LogP contribution >= 0.6 is 12.2 Å². The number of nitrogens with one attached hydrogen (secondary N) is 2. The fraction of sp³-hybridized carbons (Fsp3) is 0.429. The summed E-state index contributed by atoms with van der Waals surface area (Å²) in [6, 6.07) is 6.17. The quantitative estimate of drug-likeness (QED) is 0.643. The van der Waals surface area contributed by atoms with Crippen LogP contribution < -0.4 is 15.5 Å². The van der Waals surface area contributed by atoms with Gasteiger partial charge in [0.25, 0.3) is 0 Å². The maximum absolute atomic E-state index is 5.73. The van der Waals surface area contributed by atoms with Crippen molar-refractivity contribution in [3.05, 3.63) is 29.3 Å². The number of thiocarbonyl (C=S) groups is 1. The van der Waals surface area contributed by atoms with Gasteiger partial charge in [0.15, 0.2) is 5.11 Å². The number of rotatable bonds is 2. The zero-order chi connectivity index (χ0) is 13.7. The van der Waals surface area contributed by atoms with E-state index in [1.165, 1.54) is 5.56 Å². The first-order valence-electron chi connectivity index (χ1n) is 6.55. The molecule has 0 aromatic heterocycles. The molecule has 1 aromatic rings. The van der Waals surface area contributed by atoms with Gasteiger partial charge in [-0.3, -0.25) is 5.43 Å². The van der Waals surface area contributed by atoms with Gasteiger partial charge in [-0.1, -0.05) is 11.6 Å². The van der Waals surface area contributed by atoms with Crippen molar-refractivity contribution in [2.24, 2.45) is 5.10 Å². The van der Waals surface area contributed by atoms with Crippen molar-refractivity contribution < 1.29 is 4.74 Å². The van der Waals surface area contributed by atoms with E-state index in [1.54, 1.807) is 0 Å². The molecule has 0 amide bonds. The lowest BCUT2D eigenvalue weighted by atomic mass is 10.0. The van der Waals surface area contributed by atoms with Crippen LogP contribution in [-0.2, 0) is 0 Å². The third-order valence-electron chi connectivity index (χ3n) is 2.89. The van der Waals surface area contributed by atoms with E-state index in [-0.39, 0.29) is 0 Å². The van der Waals surface area contributed by atoms with E-state index in [9.17, 15) is 0 Å². The highest BCUT2D eigenvalue weighted by Crippen LogP contribution is 2.25. The van der Waals surface area contributed by atoms with Crippen molar-refractivity contribution in [2.45, 2.75) is 26.7 Å². The minimum atomic E-state index is 0.550. The summed E-state index contributed by atoms with van der Waals surface area (Å²) in [6.07, 6.45) is 1.85. The standard InChI is InChI=1S/C14H19N3OS/c1-3-15-14(19)17-16-12-5-4-8-18-13-7-6-10(2)9-11(12)13/h6-7,9H,3-5,8H2,1-2H3,(H2,15,17,19)/b16-12+. The number of hydrogen-bond acceptors (Lipinski definition) is 3. The molecule has 0 unspecified atom stereocenters. The van der Waals surface area contributed by atoms with Crippen LogP contribution in [-0.4, -0.2) is 24.0 Å². The molecule has 0 aliphatic carbocycles. The second-order valence-electron chi connectivity index (χ2n) is 4.48. The lowest BCUT2D eigenvalue weighted by Crippen LogP contribution is -2.32. The molecule has 1 aromatic carbocycles. The van der Waals surface area contributed by atoms with Gasteiger partial charge in [-0.25, -0.2) is 0 Å². The number of benzene rings is 1. The van der Waals surface area contributed by atoms with Gasteiger partial charge < -0.3 is 10.1 Å². The maximum atomic E-state index is 5.73. The maximum Gasteiger partial charge on any atom is 0.186 e. The van der Waals surface area contributed by atoms with Gasteiger partial charge >= 0.3 is 0 Å². The van der Waals surface area contributed by atoms with Crippen LogP contribution in [0.4, 0.5) is 0 Å². The molecular formula is C14H19N3OS. The Kier molecular flexibility index (Phi) is 4.74. The molecule has 2 rings (SSSR count). The smallest absolute Gasteiger partial charge is 0.186 e. The Morgan fingerprint density at radius 2 is 2.32 bits per heavy atom. The first kappa shape index (κ1) is 13.8. The zero-order valence-corrected chi connectivity index (χ0v) is 12.1. The van der Waals surface area contributed by atoms with Crippen molar-refractivity contribution in [3.8, 4) is 5.75 Å². The molecule has 19 heavy (non-hydrogen) atoms. The summed E-state index contributed by atoms with van der Waals surface area (Å²) in [4.78, 5) is 0. The largest absolute Gasteiger partial charge is 0.493 e. The molecule has 102 valence electrons.